The first-order chi connectivity index (χ1) is 15.6. The number of rotatable bonds is 8. The maximum absolute atomic E-state index is 12.4. The smallest absolute Gasteiger partial charge is 0.261 e. The number of imide groups is 1. The lowest BCUT2D eigenvalue weighted by molar-refractivity contribution is -0.121. The summed E-state index contributed by atoms with van der Waals surface area (Å²) >= 11 is 0. The first-order valence-corrected chi connectivity index (χ1v) is 11.6. The summed E-state index contributed by atoms with van der Waals surface area (Å²) in [5, 5.41) is 2.96. The molecule has 1 saturated heterocycles. The highest BCUT2D eigenvalue weighted by Gasteiger charge is 2.34. The van der Waals surface area contributed by atoms with E-state index in [0.717, 1.165) is 25.2 Å². The number of carbonyl (C=O) groups is 3. The predicted octanol–water partition coefficient (Wildman–Crippen LogP) is 3.76. The molecular formula is C26H31N3O3. The zero-order chi connectivity index (χ0) is 22.3. The zero-order valence-corrected chi connectivity index (χ0v) is 18.5. The zero-order valence-electron chi connectivity index (χ0n) is 18.5. The second kappa shape index (κ2) is 10.6. The van der Waals surface area contributed by atoms with Gasteiger partial charge in [-0.25, -0.2) is 0 Å². The molecule has 0 spiro atoms. The third kappa shape index (κ3) is 5.43. The lowest BCUT2D eigenvalue weighted by atomic mass is 10.1. The molecule has 0 saturated carbocycles. The monoisotopic (exact) mass is 433 g/mol. The topological polar surface area (TPSA) is 69.7 Å². The van der Waals surface area contributed by atoms with E-state index in [1.807, 2.05) is 6.07 Å². The molecule has 32 heavy (non-hydrogen) atoms. The SMILES string of the molecule is O=C(CCCN1C(=O)c2ccccc2C1=O)NCc1cccc(CN2CCCCCC2)c1. The number of hydrogen-bond donors (Lipinski definition) is 1. The van der Waals surface area contributed by atoms with Gasteiger partial charge in [0.05, 0.1) is 11.1 Å². The van der Waals surface area contributed by atoms with Crippen LogP contribution in [-0.4, -0.2) is 47.2 Å². The third-order valence-corrected chi connectivity index (χ3v) is 6.25. The molecule has 0 atom stereocenters. The minimum Gasteiger partial charge on any atom is -0.352 e. The highest BCUT2D eigenvalue weighted by molar-refractivity contribution is 6.21. The second-order valence-corrected chi connectivity index (χ2v) is 8.70. The number of fused-ring (bicyclic) bond motifs is 1. The van der Waals surface area contributed by atoms with E-state index in [9.17, 15) is 14.4 Å². The quantitative estimate of drug-likeness (QED) is 0.644. The lowest BCUT2D eigenvalue weighted by Gasteiger charge is -2.20. The maximum Gasteiger partial charge on any atom is 0.261 e. The molecular weight excluding hydrogens is 402 g/mol. The van der Waals surface area contributed by atoms with Crippen LogP contribution in [0.15, 0.2) is 48.5 Å². The van der Waals surface area contributed by atoms with E-state index in [1.165, 1.54) is 36.1 Å². The molecule has 0 bridgehead atoms. The molecule has 6 heteroatoms. The Bertz CT molecular complexity index is 945. The number of nitrogens with one attached hydrogen (secondary N) is 1. The summed E-state index contributed by atoms with van der Waals surface area (Å²) in [6.07, 6.45) is 5.94. The molecule has 0 aromatic heterocycles. The van der Waals surface area contributed by atoms with Gasteiger partial charge in [-0.1, -0.05) is 49.2 Å². The molecule has 2 aliphatic heterocycles. The van der Waals surface area contributed by atoms with E-state index >= 15 is 0 Å². The number of amides is 3. The van der Waals surface area contributed by atoms with Crippen molar-refractivity contribution in [2.75, 3.05) is 19.6 Å². The molecule has 0 radical (unpaired) electrons. The molecule has 2 aromatic carbocycles. The summed E-state index contributed by atoms with van der Waals surface area (Å²) in [4.78, 5) is 40.8. The van der Waals surface area contributed by atoms with Gasteiger partial charge in [-0.15, -0.1) is 0 Å². The van der Waals surface area contributed by atoms with Crippen LogP contribution in [0.3, 0.4) is 0 Å². The van der Waals surface area contributed by atoms with Crippen LogP contribution < -0.4 is 5.32 Å². The highest BCUT2D eigenvalue weighted by Crippen LogP contribution is 2.22. The molecule has 4 rings (SSSR count). The van der Waals surface area contributed by atoms with Crippen molar-refractivity contribution < 1.29 is 14.4 Å². The number of nitrogens with zero attached hydrogens (tertiary/aromatic N) is 2. The van der Waals surface area contributed by atoms with Gasteiger partial charge in [0, 0.05) is 26.1 Å². The summed E-state index contributed by atoms with van der Waals surface area (Å²) in [5.74, 6) is -0.612. The van der Waals surface area contributed by atoms with Crippen LogP contribution in [0.25, 0.3) is 0 Å². The minimum absolute atomic E-state index is 0.0699. The number of likely N-dealkylation sites (tertiary alicyclic amines) is 1. The lowest BCUT2D eigenvalue weighted by Crippen LogP contribution is -2.32. The summed E-state index contributed by atoms with van der Waals surface area (Å²) in [6, 6.07) is 15.3. The Balaban J connectivity index is 1.21. The average Bonchev–Trinajstić information content (AvgIpc) is 2.97. The fourth-order valence-electron chi connectivity index (χ4n) is 4.52. The molecule has 6 nitrogen and oxygen atoms in total. The van der Waals surface area contributed by atoms with Gasteiger partial charge in [0.15, 0.2) is 0 Å². The van der Waals surface area contributed by atoms with Crippen LogP contribution in [0, 0.1) is 0 Å². The number of benzene rings is 2. The van der Waals surface area contributed by atoms with E-state index in [-0.39, 0.29) is 30.7 Å². The van der Waals surface area contributed by atoms with E-state index in [2.05, 4.69) is 28.4 Å². The second-order valence-electron chi connectivity index (χ2n) is 8.70. The van der Waals surface area contributed by atoms with Gasteiger partial charge in [0.2, 0.25) is 5.91 Å². The van der Waals surface area contributed by atoms with Crippen molar-refractivity contribution in [2.24, 2.45) is 0 Å². The fraction of sp³-hybridized carbons (Fsp3) is 0.423. The van der Waals surface area contributed by atoms with Crippen molar-refractivity contribution in [3.63, 3.8) is 0 Å². The van der Waals surface area contributed by atoms with Crippen molar-refractivity contribution in [3.8, 4) is 0 Å². The van der Waals surface area contributed by atoms with Gasteiger partial charge in [0.1, 0.15) is 0 Å². The summed E-state index contributed by atoms with van der Waals surface area (Å²) < 4.78 is 0. The molecule has 2 heterocycles. The summed E-state index contributed by atoms with van der Waals surface area (Å²) in [7, 11) is 0. The molecule has 168 valence electrons. The Hall–Kier alpha value is -2.99. The number of carbonyl (C=O) groups excluding carboxylic acids is 3. The van der Waals surface area contributed by atoms with Gasteiger partial charge >= 0.3 is 0 Å². The Labute approximate surface area is 189 Å². The van der Waals surface area contributed by atoms with E-state index in [4.69, 9.17) is 0 Å². The standard InChI is InChI=1S/C26H31N3O3/c30-24(13-8-16-29-25(31)22-11-3-4-12-23(22)26(29)32)27-18-20-9-7-10-21(17-20)19-28-14-5-1-2-6-15-28/h3-4,7,9-12,17H,1-2,5-6,8,13-16,18-19H2,(H,27,30). The van der Waals surface area contributed by atoms with Gasteiger partial charge in [-0.3, -0.25) is 24.2 Å². The minimum atomic E-state index is -0.271. The Kier molecular flexibility index (Phi) is 7.32. The molecule has 1 N–H and O–H groups in total. The average molecular weight is 434 g/mol. The Morgan fingerprint density at radius 1 is 0.844 bits per heavy atom. The first kappa shape index (κ1) is 22.2. The molecule has 0 unspecified atom stereocenters. The van der Waals surface area contributed by atoms with Crippen molar-refractivity contribution in [2.45, 2.75) is 51.6 Å². The van der Waals surface area contributed by atoms with Crippen molar-refractivity contribution in [3.05, 3.63) is 70.8 Å². The van der Waals surface area contributed by atoms with Gasteiger partial charge in [0.25, 0.3) is 11.8 Å². The van der Waals surface area contributed by atoms with Gasteiger partial charge < -0.3 is 5.32 Å². The summed E-state index contributed by atoms with van der Waals surface area (Å²) in [5.41, 5.74) is 3.26. The van der Waals surface area contributed by atoms with Gasteiger partial charge in [-0.05, 0) is 55.6 Å². The highest BCUT2D eigenvalue weighted by atomic mass is 16.2. The van der Waals surface area contributed by atoms with E-state index in [0.29, 0.717) is 24.1 Å². The Morgan fingerprint density at radius 2 is 1.50 bits per heavy atom. The van der Waals surface area contributed by atoms with Crippen molar-refractivity contribution in [1.82, 2.24) is 15.1 Å². The maximum atomic E-state index is 12.4. The van der Waals surface area contributed by atoms with Crippen LogP contribution >= 0.6 is 0 Å². The summed E-state index contributed by atoms with van der Waals surface area (Å²) in [6.45, 7) is 4.02. The molecule has 3 amide bonds. The van der Waals surface area contributed by atoms with Gasteiger partial charge in [-0.2, -0.15) is 0 Å². The fourth-order valence-corrected chi connectivity index (χ4v) is 4.52. The van der Waals surface area contributed by atoms with Crippen LogP contribution in [0.5, 0.6) is 0 Å². The number of hydrogen-bond acceptors (Lipinski definition) is 4. The van der Waals surface area contributed by atoms with E-state index in [1.54, 1.807) is 24.3 Å². The van der Waals surface area contributed by atoms with Crippen molar-refractivity contribution >= 4 is 17.7 Å². The molecule has 2 aliphatic rings. The van der Waals surface area contributed by atoms with Crippen LogP contribution in [-0.2, 0) is 17.9 Å². The molecule has 1 fully saturated rings. The van der Waals surface area contributed by atoms with Crippen molar-refractivity contribution in [1.29, 1.82) is 0 Å². The van der Waals surface area contributed by atoms with E-state index < -0.39 is 0 Å². The molecule has 0 aliphatic carbocycles. The molecule has 2 aromatic rings. The normalized spacial score (nSPS) is 16.7. The first-order valence-electron chi connectivity index (χ1n) is 11.6. The third-order valence-electron chi connectivity index (χ3n) is 6.25. The van der Waals surface area contributed by atoms with Crippen LogP contribution in [0.4, 0.5) is 0 Å². The largest absolute Gasteiger partial charge is 0.352 e. The Morgan fingerprint density at radius 3 is 2.19 bits per heavy atom. The predicted molar refractivity (Wildman–Crippen MR) is 123 cm³/mol. The van der Waals surface area contributed by atoms with Crippen LogP contribution in [0.2, 0.25) is 0 Å². The van der Waals surface area contributed by atoms with Crippen LogP contribution in [0.1, 0.15) is 70.4 Å².